The highest BCUT2D eigenvalue weighted by Gasteiger charge is 2.45. The standard InChI is InChI=1S/C24H27F2N5O5S/c1-3-6-16(26)36-23(34)31(13-24(10-5-11-24)19-14(25)7-4-12-27-19)17-9-8-15(29-30-17)21-28-20(35-2)18(37-21)22(32)33/h4,7-9,12,16,18,21H,3,5-6,10-11,13H2,1-2H3,(H,32,33). The minimum absolute atomic E-state index is 0.0299. The number of rotatable bonds is 9. The topological polar surface area (TPSA) is 127 Å². The fourth-order valence-corrected chi connectivity index (χ4v) is 5.40. The molecule has 0 bridgehead atoms. The molecular formula is C24H27F2N5O5S. The fraction of sp³-hybridized carbons (Fsp3) is 0.500. The number of carboxylic acids is 1. The summed E-state index contributed by atoms with van der Waals surface area (Å²) in [6.45, 7) is 1.74. The quantitative estimate of drug-likeness (QED) is 0.496. The first-order chi connectivity index (χ1) is 17.8. The zero-order chi connectivity index (χ0) is 26.6. The summed E-state index contributed by atoms with van der Waals surface area (Å²) in [5.74, 6) is -1.43. The van der Waals surface area contributed by atoms with Crippen molar-refractivity contribution in [1.29, 1.82) is 0 Å². The minimum Gasteiger partial charge on any atom is -0.483 e. The molecular weight excluding hydrogens is 508 g/mol. The third-order valence-electron chi connectivity index (χ3n) is 6.36. The van der Waals surface area contributed by atoms with Crippen molar-refractivity contribution in [3.8, 4) is 0 Å². The Morgan fingerprint density at radius 1 is 1.30 bits per heavy atom. The molecule has 37 heavy (non-hydrogen) atoms. The number of hydrogen-bond acceptors (Lipinski definition) is 9. The Balaban J connectivity index is 1.62. The molecule has 0 spiro atoms. The predicted octanol–water partition coefficient (Wildman–Crippen LogP) is 4.41. The van der Waals surface area contributed by atoms with Crippen LogP contribution in [0.3, 0.4) is 0 Å². The van der Waals surface area contributed by atoms with Crippen molar-refractivity contribution in [2.75, 3.05) is 18.6 Å². The second kappa shape index (κ2) is 11.4. The highest BCUT2D eigenvalue weighted by molar-refractivity contribution is 8.01. The minimum atomic E-state index is -1.80. The van der Waals surface area contributed by atoms with E-state index in [1.54, 1.807) is 13.0 Å². The van der Waals surface area contributed by atoms with Gasteiger partial charge in [0, 0.05) is 24.6 Å². The van der Waals surface area contributed by atoms with Gasteiger partial charge in [-0.1, -0.05) is 13.3 Å². The van der Waals surface area contributed by atoms with Gasteiger partial charge in [-0.2, -0.15) is 5.10 Å². The van der Waals surface area contributed by atoms with Crippen LogP contribution in [0, 0.1) is 5.82 Å². The SMILES string of the molecule is CCCC(F)OC(=O)N(CC1(c2ncccc2F)CCC1)c1ccc(C2N=C(OC)C(C(=O)O)S2)nn1. The number of carboxylic acid groups (broad SMARTS) is 1. The van der Waals surface area contributed by atoms with E-state index in [4.69, 9.17) is 9.47 Å². The first kappa shape index (κ1) is 26.7. The number of aliphatic imine (C=N–C) groups is 1. The van der Waals surface area contributed by atoms with E-state index in [-0.39, 0.29) is 30.4 Å². The molecule has 3 unspecified atom stereocenters. The molecule has 2 aromatic rings. The van der Waals surface area contributed by atoms with Crippen LogP contribution >= 0.6 is 11.8 Å². The van der Waals surface area contributed by atoms with Gasteiger partial charge in [-0.25, -0.2) is 18.6 Å². The largest absolute Gasteiger partial charge is 0.483 e. The van der Waals surface area contributed by atoms with E-state index < -0.39 is 40.3 Å². The van der Waals surface area contributed by atoms with Crippen LogP contribution in [-0.2, 0) is 19.7 Å². The zero-order valence-electron chi connectivity index (χ0n) is 20.3. The number of anilines is 1. The third kappa shape index (κ3) is 5.65. The maximum atomic E-state index is 14.7. The number of aromatic nitrogens is 3. The summed E-state index contributed by atoms with van der Waals surface area (Å²) in [5, 5.41) is 16.0. The van der Waals surface area contributed by atoms with E-state index in [1.165, 1.54) is 31.5 Å². The molecule has 1 fully saturated rings. The number of ether oxygens (including phenoxy) is 2. The average molecular weight is 536 g/mol. The predicted molar refractivity (Wildman–Crippen MR) is 132 cm³/mol. The average Bonchev–Trinajstić information content (AvgIpc) is 3.30. The Hall–Kier alpha value is -3.35. The molecule has 1 amide bonds. The van der Waals surface area contributed by atoms with Gasteiger partial charge in [-0.3, -0.25) is 14.7 Å². The highest BCUT2D eigenvalue weighted by Crippen LogP contribution is 2.45. The molecule has 13 heteroatoms. The summed E-state index contributed by atoms with van der Waals surface area (Å²) in [6.07, 6.45) is 1.20. The monoisotopic (exact) mass is 535 g/mol. The Morgan fingerprint density at radius 2 is 2.08 bits per heavy atom. The van der Waals surface area contributed by atoms with Gasteiger partial charge >= 0.3 is 12.1 Å². The van der Waals surface area contributed by atoms with E-state index in [0.717, 1.165) is 23.1 Å². The van der Waals surface area contributed by atoms with Crippen molar-refractivity contribution < 1.29 is 33.0 Å². The van der Waals surface area contributed by atoms with Crippen LogP contribution in [0.25, 0.3) is 0 Å². The number of pyridine rings is 1. The van der Waals surface area contributed by atoms with Gasteiger partial charge in [0.05, 0.1) is 18.5 Å². The molecule has 1 aliphatic heterocycles. The molecule has 2 aromatic heterocycles. The van der Waals surface area contributed by atoms with Crippen LogP contribution in [-0.4, -0.2) is 63.5 Å². The zero-order valence-corrected chi connectivity index (χ0v) is 21.2. The van der Waals surface area contributed by atoms with E-state index in [1.807, 2.05) is 0 Å². The normalized spacial score (nSPS) is 20.9. The van der Waals surface area contributed by atoms with E-state index in [0.29, 0.717) is 25.0 Å². The Morgan fingerprint density at radius 3 is 2.62 bits per heavy atom. The Labute approximate surface area is 216 Å². The van der Waals surface area contributed by atoms with Crippen molar-refractivity contribution in [3.05, 3.63) is 47.7 Å². The van der Waals surface area contributed by atoms with Gasteiger partial charge < -0.3 is 14.6 Å². The number of carbonyl (C=O) groups is 2. The van der Waals surface area contributed by atoms with Crippen LogP contribution in [0.2, 0.25) is 0 Å². The number of thioether (sulfide) groups is 1. The number of carbonyl (C=O) groups excluding carboxylic acids is 1. The molecule has 0 saturated heterocycles. The molecule has 10 nitrogen and oxygen atoms in total. The van der Waals surface area contributed by atoms with E-state index in [9.17, 15) is 23.5 Å². The first-order valence-electron chi connectivity index (χ1n) is 11.8. The summed E-state index contributed by atoms with van der Waals surface area (Å²) in [5.41, 5.74) is -0.198. The highest BCUT2D eigenvalue weighted by atomic mass is 32.2. The molecule has 1 N–H and O–H groups in total. The van der Waals surface area contributed by atoms with Gasteiger partial charge in [0.25, 0.3) is 0 Å². The van der Waals surface area contributed by atoms with Crippen LogP contribution in [0.1, 0.15) is 55.8 Å². The van der Waals surface area contributed by atoms with Crippen molar-refractivity contribution in [3.63, 3.8) is 0 Å². The summed E-state index contributed by atoms with van der Waals surface area (Å²) < 4.78 is 39.0. The van der Waals surface area contributed by atoms with Gasteiger partial charge in [-0.05, 0) is 43.5 Å². The number of aliphatic carboxylic acids is 1. The van der Waals surface area contributed by atoms with Crippen LogP contribution in [0.5, 0.6) is 0 Å². The molecule has 3 heterocycles. The fourth-order valence-electron chi connectivity index (χ4n) is 4.32. The Bertz CT molecular complexity index is 1160. The molecule has 4 rings (SSSR count). The molecule has 1 saturated carbocycles. The van der Waals surface area contributed by atoms with Gasteiger partial charge in [0.1, 0.15) is 11.2 Å². The van der Waals surface area contributed by atoms with E-state index in [2.05, 4.69) is 20.2 Å². The van der Waals surface area contributed by atoms with Crippen LogP contribution < -0.4 is 4.90 Å². The Kier molecular flexibility index (Phi) is 8.20. The number of amides is 1. The van der Waals surface area contributed by atoms with Crippen molar-refractivity contribution in [1.82, 2.24) is 15.2 Å². The molecule has 0 aromatic carbocycles. The van der Waals surface area contributed by atoms with Crippen molar-refractivity contribution in [2.24, 2.45) is 4.99 Å². The second-order valence-electron chi connectivity index (χ2n) is 8.83. The number of alkyl halides is 1. The van der Waals surface area contributed by atoms with E-state index >= 15 is 0 Å². The lowest BCUT2D eigenvalue weighted by atomic mass is 9.66. The lowest BCUT2D eigenvalue weighted by Gasteiger charge is -2.44. The number of hydrogen-bond donors (Lipinski definition) is 1. The summed E-state index contributed by atoms with van der Waals surface area (Å²) in [6, 6.07) is 5.85. The summed E-state index contributed by atoms with van der Waals surface area (Å²) >= 11 is 1.03. The number of methoxy groups -OCH3 is 1. The molecule has 198 valence electrons. The number of nitrogens with zero attached hydrogens (tertiary/aromatic N) is 5. The lowest BCUT2D eigenvalue weighted by Crippen LogP contribution is -2.49. The van der Waals surface area contributed by atoms with Gasteiger partial charge in [-0.15, -0.1) is 16.9 Å². The molecule has 0 radical (unpaired) electrons. The summed E-state index contributed by atoms with van der Waals surface area (Å²) in [4.78, 5) is 34.2. The molecule has 3 atom stereocenters. The second-order valence-corrected chi connectivity index (χ2v) is 10.0. The van der Waals surface area contributed by atoms with Crippen LogP contribution in [0.4, 0.5) is 19.4 Å². The van der Waals surface area contributed by atoms with Crippen molar-refractivity contribution in [2.45, 2.75) is 61.4 Å². The smallest absolute Gasteiger partial charge is 0.418 e. The molecule has 2 aliphatic rings. The number of halogens is 2. The van der Waals surface area contributed by atoms with Crippen LogP contribution in [0.15, 0.2) is 35.5 Å². The third-order valence-corrected chi connectivity index (χ3v) is 7.64. The lowest BCUT2D eigenvalue weighted by molar-refractivity contribution is -0.135. The van der Waals surface area contributed by atoms with Gasteiger partial charge in [0.2, 0.25) is 12.3 Å². The van der Waals surface area contributed by atoms with Gasteiger partial charge in [0.15, 0.2) is 11.1 Å². The van der Waals surface area contributed by atoms with Crippen molar-refractivity contribution >= 4 is 35.5 Å². The summed E-state index contributed by atoms with van der Waals surface area (Å²) in [7, 11) is 1.34. The maximum Gasteiger partial charge on any atom is 0.418 e. The maximum absolute atomic E-state index is 14.7. The first-order valence-corrected chi connectivity index (χ1v) is 12.8. The molecule has 1 aliphatic carbocycles.